The van der Waals surface area contributed by atoms with Gasteiger partial charge in [-0.3, -0.25) is 0 Å². The molecule has 0 aliphatic heterocycles. The number of carbonyl (C=O) groups excluding carboxylic acids is 1. The molecule has 2 atom stereocenters. The lowest BCUT2D eigenvalue weighted by atomic mass is 10.0. The summed E-state index contributed by atoms with van der Waals surface area (Å²) >= 11 is 0. The Kier molecular flexibility index (Phi) is 4.18. The Bertz CT molecular complexity index is 220. The molecule has 2 heteroatoms. The Morgan fingerprint density at radius 3 is 2.64 bits per heavy atom. The molecule has 1 aliphatic rings. The average Bonchev–Trinajstić information content (AvgIpc) is 2.29. The van der Waals surface area contributed by atoms with Crippen LogP contribution in [0.25, 0.3) is 0 Å². The molecule has 0 radical (unpaired) electrons. The molecular formula is C12H20O2. The number of hydrogen-bond acceptors (Lipinski definition) is 2. The average molecular weight is 196 g/mol. The van der Waals surface area contributed by atoms with E-state index in [1.54, 1.807) is 6.92 Å². The Balaban J connectivity index is 2.42. The minimum absolute atomic E-state index is 0.122. The molecule has 1 saturated carbocycles. The first-order valence-corrected chi connectivity index (χ1v) is 5.46. The van der Waals surface area contributed by atoms with Crippen LogP contribution in [0.5, 0.6) is 0 Å². The fraction of sp³-hybridized carbons (Fsp3) is 0.750. The molecule has 0 heterocycles. The lowest BCUT2D eigenvalue weighted by molar-refractivity contribution is -0.145. The van der Waals surface area contributed by atoms with Crippen molar-refractivity contribution in [3.8, 4) is 0 Å². The SMILES string of the molecule is C=C(C)C(=O)OC1CCCCC(C)C1. The monoisotopic (exact) mass is 196 g/mol. The lowest BCUT2D eigenvalue weighted by Gasteiger charge is -2.17. The van der Waals surface area contributed by atoms with Gasteiger partial charge in [0.15, 0.2) is 0 Å². The molecule has 1 fully saturated rings. The second kappa shape index (κ2) is 5.18. The second-order valence-corrected chi connectivity index (χ2v) is 4.43. The maximum atomic E-state index is 11.3. The predicted molar refractivity (Wildman–Crippen MR) is 56.9 cm³/mol. The fourth-order valence-corrected chi connectivity index (χ4v) is 1.91. The first-order valence-electron chi connectivity index (χ1n) is 5.46. The lowest BCUT2D eigenvalue weighted by Crippen LogP contribution is -2.19. The summed E-state index contributed by atoms with van der Waals surface area (Å²) in [5.41, 5.74) is 0.502. The van der Waals surface area contributed by atoms with E-state index in [0.717, 1.165) is 12.8 Å². The first-order chi connectivity index (χ1) is 6.59. The molecule has 0 aromatic carbocycles. The Morgan fingerprint density at radius 1 is 1.36 bits per heavy atom. The van der Waals surface area contributed by atoms with E-state index >= 15 is 0 Å². The second-order valence-electron chi connectivity index (χ2n) is 4.43. The zero-order chi connectivity index (χ0) is 10.6. The van der Waals surface area contributed by atoms with E-state index in [1.807, 2.05) is 0 Å². The summed E-state index contributed by atoms with van der Waals surface area (Å²) in [6.07, 6.45) is 5.86. The van der Waals surface area contributed by atoms with Crippen molar-refractivity contribution in [2.45, 2.75) is 52.1 Å². The van der Waals surface area contributed by atoms with Gasteiger partial charge in [0.25, 0.3) is 0 Å². The number of rotatable bonds is 2. The Hall–Kier alpha value is -0.790. The van der Waals surface area contributed by atoms with Crippen LogP contribution >= 0.6 is 0 Å². The van der Waals surface area contributed by atoms with Crippen LogP contribution in [-0.4, -0.2) is 12.1 Å². The van der Waals surface area contributed by atoms with E-state index in [-0.39, 0.29) is 12.1 Å². The van der Waals surface area contributed by atoms with Crippen molar-refractivity contribution in [3.05, 3.63) is 12.2 Å². The first kappa shape index (κ1) is 11.3. The molecule has 1 rings (SSSR count). The fourth-order valence-electron chi connectivity index (χ4n) is 1.91. The van der Waals surface area contributed by atoms with Gasteiger partial charge in [-0.2, -0.15) is 0 Å². The third-order valence-electron chi connectivity index (χ3n) is 2.76. The van der Waals surface area contributed by atoms with Gasteiger partial charge in [0.2, 0.25) is 0 Å². The van der Waals surface area contributed by atoms with Gasteiger partial charge in [0.05, 0.1) is 0 Å². The normalized spacial score (nSPS) is 27.9. The quantitative estimate of drug-likeness (QED) is 0.385. The van der Waals surface area contributed by atoms with E-state index in [9.17, 15) is 4.79 Å². The summed E-state index contributed by atoms with van der Waals surface area (Å²) < 4.78 is 5.36. The minimum Gasteiger partial charge on any atom is -0.459 e. The molecule has 0 N–H and O–H groups in total. The molecule has 2 nitrogen and oxygen atoms in total. The summed E-state index contributed by atoms with van der Waals surface area (Å²) in [6, 6.07) is 0. The summed E-state index contributed by atoms with van der Waals surface area (Å²) in [4.78, 5) is 11.3. The van der Waals surface area contributed by atoms with E-state index in [2.05, 4.69) is 13.5 Å². The Morgan fingerprint density at radius 2 is 2.00 bits per heavy atom. The summed E-state index contributed by atoms with van der Waals surface area (Å²) in [5, 5.41) is 0. The highest BCUT2D eigenvalue weighted by molar-refractivity contribution is 5.87. The maximum Gasteiger partial charge on any atom is 0.333 e. The number of esters is 1. The van der Waals surface area contributed by atoms with Gasteiger partial charge in [-0.05, 0) is 32.1 Å². The van der Waals surface area contributed by atoms with Crippen molar-refractivity contribution in [2.75, 3.05) is 0 Å². The molecular weight excluding hydrogens is 176 g/mol. The van der Waals surface area contributed by atoms with Crippen molar-refractivity contribution in [2.24, 2.45) is 5.92 Å². The van der Waals surface area contributed by atoms with Crippen LogP contribution < -0.4 is 0 Å². The van der Waals surface area contributed by atoms with E-state index in [0.29, 0.717) is 11.5 Å². The Labute approximate surface area is 86.3 Å². The van der Waals surface area contributed by atoms with Gasteiger partial charge in [-0.25, -0.2) is 4.79 Å². The molecule has 80 valence electrons. The van der Waals surface area contributed by atoms with Crippen LogP contribution in [0, 0.1) is 5.92 Å². The highest BCUT2D eigenvalue weighted by Gasteiger charge is 2.20. The van der Waals surface area contributed by atoms with Crippen LogP contribution in [0.2, 0.25) is 0 Å². The van der Waals surface area contributed by atoms with Crippen molar-refractivity contribution in [3.63, 3.8) is 0 Å². The van der Waals surface area contributed by atoms with Crippen LogP contribution in [0.15, 0.2) is 12.2 Å². The molecule has 0 bridgehead atoms. The molecule has 0 aromatic heterocycles. The molecule has 0 saturated heterocycles. The van der Waals surface area contributed by atoms with Crippen LogP contribution in [-0.2, 0) is 9.53 Å². The highest BCUT2D eigenvalue weighted by atomic mass is 16.5. The molecule has 0 amide bonds. The van der Waals surface area contributed by atoms with Crippen molar-refractivity contribution in [1.82, 2.24) is 0 Å². The van der Waals surface area contributed by atoms with Crippen LogP contribution in [0.1, 0.15) is 46.0 Å². The van der Waals surface area contributed by atoms with Gasteiger partial charge >= 0.3 is 5.97 Å². The van der Waals surface area contributed by atoms with Gasteiger partial charge < -0.3 is 4.74 Å². The van der Waals surface area contributed by atoms with E-state index < -0.39 is 0 Å². The third-order valence-corrected chi connectivity index (χ3v) is 2.76. The molecule has 0 aromatic rings. The van der Waals surface area contributed by atoms with Crippen LogP contribution in [0.3, 0.4) is 0 Å². The predicted octanol–water partition coefficient (Wildman–Crippen LogP) is 3.07. The molecule has 0 spiro atoms. The largest absolute Gasteiger partial charge is 0.459 e. The van der Waals surface area contributed by atoms with Gasteiger partial charge in [-0.15, -0.1) is 0 Å². The highest BCUT2D eigenvalue weighted by Crippen LogP contribution is 2.25. The standard InChI is InChI=1S/C12H20O2/c1-9(2)12(13)14-11-7-5-4-6-10(3)8-11/h10-11H,1,4-8H2,2-3H3. The van der Waals surface area contributed by atoms with Crippen molar-refractivity contribution < 1.29 is 9.53 Å². The maximum absolute atomic E-state index is 11.3. The third kappa shape index (κ3) is 3.52. The summed E-state index contributed by atoms with van der Waals surface area (Å²) in [6.45, 7) is 7.51. The van der Waals surface area contributed by atoms with Gasteiger partial charge in [-0.1, -0.05) is 26.3 Å². The topological polar surface area (TPSA) is 26.3 Å². The van der Waals surface area contributed by atoms with Crippen molar-refractivity contribution in [1.29, 1.82) is 0 Å². The summed E-state index contributed by atoms with van der Waals surface area (Å²) in [7, 11) is 0. The minimum atomic E-state index is -0.232. The number of carbonyl (C=O) groups is 1. The molecule has 2 unspecified atom stereocenters. The van der Waals surface area contributed by atoms with Gasteiger partial charge in [0.1, 0.15) is 6.10 Å². The van der Waals surface area contributed by atoms with E-state index in [4.69, 9.17) is 4.74 Å². The van der Waals surface area contributed by atoms with E-state index in [1.165, 1.54) is 19.3 Å². The zero-order valence-electron chi connectivity index (χ0n) is 9.21. The van der Waals surface area contributed by atoms with Crippen molar-refractivity contribution >= 4 is 5.97 Å². The number of ether oxygens (including phenoxy) is 1. The summed E-state index contributed by atoms with van der Waals surface area (Å²) in [5.74, 6) is 0.449. The van der Waals surface area contributed by atoms with Crippen LogP contribution in [0.4, 0.5) is 0 Å². The molecule has 1 aliphatic carbocycles. The number of hydrogen-bond donors (Lipinski definition) is 0. The molecule has 14 heavy (non-hydrogen) atoms. The smallest absolute Gasteiger partial charge is 0.333 e. The zero-order valence-corrected chi connectivity index (χ0v) is 9.21. The van der Waals surface area contributed by atoms with Gasteiger partial charge in [0, 0.05) is 5.57 Å².